The smallest absolute Gasteiger partial charge is 0.501 e. The van der Waals surface area contributed by atoms with Gasteiger partial charge in [-0.3, -0.25) is 0 Å². The Labute approximate surface area is 133 Å². The van der Waals surface area contributed by atoms with E-state index >= 15 is 0 Å². The average Bonchev–Trinajstić information content (AvgIpc) is 3.33. The van der Waals surface area contributed by atoms with Crippen molar-refractivity contribution in [3.05, 3.63) is 30.3 Å². The Kier molecular flexibility index (Phi) is 7.34. The molecule has 0 aromatic heterocycles. The maximum absolute atomic E-state index is 6.14. The van der Waals surface area contributed by atoms with Crippen molar-refractivity contribution < 1.29 is 22.8 Å². The fraction of sp³-hybridized carbons (Fsp3) is 0.625. The quantitative estimate of drug-likeness (QED) is 0.336. The van der Waals surface area contributed by atoms with Crippen LogP contribution in [-0.2, 0) is 18.3 Å². The van der Waals surface area contributed by atoms with Gasteiger partial charge in [-0.25, -0.2) is 0 Å². The SMILES string of the molecule is CCO[Si](CCCOCC1CO1)(OCC)Oc1ccccc1. The number of epoxide rings is 1. The number of rotatable bonds is 12. The molecule has 1 heterocycles. The van der Waals surface area contributed by atoms with Crippen LogP contribution >= 0.6 is 0 Å². The summed E-state index contributed by atoms with van der Waals surface area (Å²) in [7, 11) is -2.71. The zero-order chi connectivity index (χ0) is 15.7. The molecule has 5 nitrogen and oxygen atoms in total. The highest BCUT2D eigenvalue weighted by molar-refractivity contribution is 6.61. The standard InChI is InChI=1S/C16H26O5Si/c1-3-19-22(20-4-2,21-15-9-6-5-7-10-15)12-8-11-17-13-16-14-18-16/h5-7,9-10,16H,3-4,8,11-14H2,1-2H3. The second kappa shape index (κ2) is 9.27. The second-order valence-corrected chi connectivity index (χ2v) is 7.75. The molecule has 1 atom stereocenters. The lowest BCUT2D eigenvalue weighted by Crippen LogP contribution is -2.49. The minimum absolute atomic E-state index is 0.307. The lowest BCUT2D eigenvalue weighted by molar-refractivity contribution is 0.0975. The van der Waals surface area contributed by atoms with E-state index in [2.05, 4.69) is 0 Å². The van der Waals surface area contributed by atoms with Crippen molar-refractivity contribution in [2.45, 2.75) is 32.4 Å². The molecule has 1 fully saturated rings. The number of ether oxygens (including phenoxy) is 2. The predicted molar refractivity (Wildman–Crippen MR) is 86.1 cm³/mol. The molecule has 6 heteroatoms. The number of para-hydroxylation sites is 1. The van der Waals surface area contributed by atoms with Crippen molar-refractivity contribution in [1.82, 2.24) is 0 Å². The molecule has 1 aromatic carbocycles. The highest BCUT2D eigenvalue weighted by Gasteiger charge is 2.42. The van der Waals surface area contributed by atoms with E-state index in [9.17, 15) is 0 Å². The Hall–Kier alpha value is -0.923. The van der Waals surface area contributed by atoms with Crippen molar-refractivity contribution in [1.29, 1.82) is 0 Å². The van der Waals surface area contributed by atoms with Crippen LogP contribution in [0.1, 0.15) is 20.3 Å². The summed E-state index contributed by atoms with van der Waals surface area (Å²) in [5.74, 6) is 0.795. The molecule has 0 amide bonds. The molecule has 1 aromatic rings. The summed E-state index contributed by atoms with van der Waals surface area (Å²) in [6.45, 7) is 7.27. The van der Waals surface area contributed by atoms with Crippen molar-refractivity contribution in [3.63, 3.8) is 0 Å². The van der Waals surface area contributed by atoms with Crippen molar-refractivity contribution in [2.24, 2.45) is 0 Å². The Morgan fingerprint density at radius 3 is 2.41 bits per heavy atom. The van der Waals surface area contributed by atoms with Gasteiger partial charge in [-0.2, -0.15) is 0 Å². The first kappa shape index (κ1) is 17.4. The highest BCUT2D eigenvalue weighted by atomic mass is 28.4. The van der Waals surface area contributed by atoms with E-state index in [0.717, 1.165) is 24.8 Å². The summed E-state index contributed by atoms with van der Waals surface area (Å²) in [5, 5.41) is 0. The van der Waals surface area contributed by atoms with Crippen LogP contribution < -0.4 is 4.43 Å². The number of benzene rings is 1. The molecule has 2 rings (SSSR count). The lowest BCUT2D eigenvalue weighted by atomic mass is 10.3. The van der Waals surface area contributed by atoms with Crippen LogP contribution in [-0.4, -0.2) is 47.9 Å². The van der Waals surface area contributed by atoms with Gasteiger partial charge < -0.3 is 22.8 Å². The Balaban J connectivity index is 1.86. The molecule has 1 saturated heterocycles. The van der Waals surface area contributed by atoms with Crippen LogP contribution in [0, 0.1) is 0 Å². The van der Waals surface area contributed by atoms with Crippen molar-refractivity contribution in [3.8, 4) is 5.75 Å². The first-order chi connectivity index (χ1) is 10.8. The molecule has 0 radical (unpaired) electrons. The van der Waals surface area contributed by atoms with Crippen LogP contribution in [0.4, 0.5) is 0 Å². The van der Waals surface area contributed by atoms with Gasteiger partial charge in [0.1, 0.15) is 11.9 Å². The number of hydrogen-bond acceptors (Lipinski definition) is 5. The van der Waals surface area contributed by atoms with E-state index in [0.29, 0.717) is 32.5 Å². The average molecular weight is 326 g/mol. The normalized spacial score (nSPS) is 17.5. The third-order valence-electron chi connectivity index (χ3n) is 3.22. The Morgan fingerprint density at radius 1 is 1.14 bits per heavy atom. The van der Waals surface area contributed by atoms with E-state index in [-0.39, 0.29) is 0 Å². The Bertz CT molecular complexity index is 404. The molecule has 0 spiro atoms. The third kappa shape index (κ3) is 6.06. The summed E-state index contributed by atoms with van der Waals surface area (Å²) in [4.78, 5) is 0. The van der Waals surface area contributed by atoms with Gasteiger partial charge in [-0.15, -0.1) is 0 Å². The van der Waals surface area contributed by atoms with Crippen molar-refractivity contribution in [2.75, 3.05) is 33.0 Å². The van der Waals surface area contributed by atoms with Gasteiger partial charge in [0.25, 0.3) is 0 Å². The van der Waals surface area contributed by atoms with E-state index in [1.54, 1.807) is 0 Å². The monoisotopic (exact) mass is 326 g/mol. The molecule has 0 N–H and O–H groups in total. The van der Waals surface area contributed by atoms with Crippen LogP contribution in [0.25, 0.3) is 0 Å². The molecule has 1 aliphatic heterocycles. The number of hydrogen-bond donors (Lipinski definition) is 0. The topological polar surface area (TPSA) is 49.5 Å². The van der Waals surface area contributed by atoms with Gasteiger partial charge >= 0.3 is 8.80 Å². The minimum atomic E-state index is -2.71. The van der Waals surface area contributed by atoms with Gasteiger partial charge in [-0.1, -0.05) is 18.2 Å². The summed E-state index contributed by atoms with van der Waals surface area (Å²) >= 11 is 0. The fourth-order valence-electron chi connectivity index (χ4n) is 2.17. The largest absolute Gasteiger partial charge is 0.566 e. The van der Waals surface area contributed by atoms with Crippen LogP contribution in [0.5, 0.6) is 5.75 Å². The van der Waals surface area contributed by atoms with E-state index in [1.165, 1.54) is 0 Å². The molecule has 0 bridgehead atoms. The minimum Gasteiger partial charge on any atom is -0.501 e. The summed E-state index contributed by atoms with van der Waals surface area (Å²) < 4.78 is 28.7. The van der Waals surface area contributed by atoms with Crippen LogP contribution in [0.15, 0.2) is 30.3 Å². The van der Waals surface area contributed by atoms with Gasteiger partial charge in [0.05, 0.1) is 13.2 Å². The lowest BCUT2D eigenvalue weighted by Gasteiger charge is -2.29. The van der Waals surface area contributed by atoms with Crippen molar-refractivity contribution >= 4 is 8.80 Å². The predicted octanol–water partition coefficient (Wildman–Crippen LogP) is 2.88. The molecule has 0 saturated carbocycles. The summed E-state index contributed by atoms with van der Waals surface area (Å²) in [6, 6.07) is 10.5. The molecule has 0 aliphatic carbocycles. The first-order valence-corrected chi connectivity index (χ1v) is 9.92. The Morgan fingerprint density at radius 2 is 1.82 bits per heavy atom. The highest BCUT2D eigenvalue weighted by Crippen LogP contribution is 2.22. The molecule has 124 valence electrons. The fourth-order valence-corrected chi connectivity index (χ4v) is 4.72. The summed E-state index contributed by atoms with van der Waals surface area (Å²) in [6.07, 6.45) is 1.16. The summed E-state index contributed by atoms with van der Waals surface area (Å²) in [5.41, 5.74) is 0. The zero-order valence-corrected chi connectivity index (χ0v) is 14.5. The van der Waals surface area contributed by atoms with Gasteiger partial charge in [0, 0.05) is 25.9 Å². The molecular weight excluding hydrogens is 300 g/mol. The van der Waals surface area contributed by atoms with Crippen LogP contribution in [0.3, 0.4) is 0 Å². The van der Waals surface area contributed by atoms with Gasteiger partial charge in [-0.05, 0) is 32.4 Å². The van der Waals surface area contributed by atoms with Gasteiger partial charge in [0.15, 0.2) is 0 Å². The molecular formula is C16H26O5Si. The second-order valence-electron chi connectivity index (χ2n) is 5.10. The third-order valence-corrected chi connectivity index (χ3v) is 6.19. The zero-order valence-electron chi connectivity index (χ0n) is 13.5. The van der Waals surface area contributed by atoms with E-state index in [4.69, 9.17) is 22.8 Å². The molecule has 22 heavy (non-hydrogen) atoms. The maximum Gasteiger partial charge on any atom is 0.566 e. The van der Waals surface area contributed by atoms with Crippen LogP contribution in [0.2, 0.25) is 6.04 Å². The molecule has 1 unspecified atom stereocenters. The van der Waals surface area contributed by atoms with E-state index in [1.807, 2.05) is 44.2 Å². The van der Waals surface area contributed by atoms with E-state index < -0.39 is 8.80 Å². The van der Waals surface area contributed by atoms with Gasteiger partial charge in [0.2, 0.25) is 0 Å². The molecule has 1 aliphatic rings. The maximum atomic E-state index is 6.14. The first-order valence-electron chi connectivity index (χ1n) is 7.99.